The number of nitrogens with one attached hydrogen (secondary N) is 1. The van der Waals surface area contributed by atoms with E-state index in [4.69, 9.17) is 0 Å². The van der Waals surface area contributed by atoms with Crippen LogP contribution in [0.1, 0.15) is 27.2 Å². The van der Waals surface area contributed by atoms with Crippen LogP contribution in [0.15, 0.2) is 18.3 Å². The largest absolute Gasteiger partial charge is 0.310 e. The minimum Gasteiger partial charge on any atom is -0.310 e. The van der Waals surface area contributed by atoms with Crippen molar-refractivity contribution in [3.63, 3.8) is 0 Å². The molecule has 1 amide bonds. The van der Waals surface area contributed by atoms with E-state index in [0.717, 1.165) is 6.20 Å². The fraction of sp³-hybridized carbons (Fsp3) is 0.417. The van der Waals surface area contributed by atoms with Gasteiger partial charge in [-0.1, -0.05) is 20.8 Å². The smallest absolute Gasteiger partial charge is 0.287 e. The Labute approximate surface area is 110 Å². The van der Waals surface area contributed by atoms with E-state index in [1.807, 2.05) is 0 Å². The second-order valence-electron chi connectivity index (χ2n) is 5.06. The Morgan fingerprint density at radius 3 is 2.42 bits per heavy atom. The number of hydrogen-bond acceptors (Lipinski definition) is 5. The highest BCUT2D eigenvalue weighted by molar-refractivity contribution is 6.05. The molecule has 7 nitrogen and oxygen atoms in total. The first-order valence-corrected chi connectivity index (χ1v) is 5.64. The van der Waals surface area contributed by atoms with Crippen LogP contribution in [0.4, 0.5) is 11.5 Å². The number of amides is 1. The van der Waals surface area contributed by atoms with Crippen molar-refractivity contribution in [3.05, 3.63) is 28.4 Å². The van der Waals surface area contributed by atoms with E-state index < -0.39 is 16.2 Å². The van der Waals surface area contributed by atoms with Gasteiger partial charge < -0.3 is 5.32 Å². The summed E-state index contributed by atoms with van der Waals surface area (Å²) >= 11 is 0. The average Bonchev–Trinajstić information content (AvgIpc) is 2.28. The molecule has 0 atom stereocenters. The maximum absolute atomic E-state index is 11.6. The minimum absolute atomic E-state index is 0.163. The molecule has 0 aliphatic rings. The van der Waals surface area contributed by atoms with E-state index in [1.165, 1.54) is 12.1 Å². The van der Waals surface area contributed by atoms with Crippen LogP contribution >= 0.6 is 0 Å². The summed E-state index contributed by atoms with van der Waals surface area (Å²) in [5.74, 6) is -0.495. The number of aromatic nitrogens is 1. The van der Waals surface area contributed by atoms with E-state index in [2.05, 4.69) is 10.3 Å². The predicted molar refractivity (Wildman–Crippen MR) is 68.6 cm³/mol. The molecule has 0 radical (unpaired) electrons. The third-order valence-corrected chi connectivity index (χ3v) is 2.38. The molecule has 0 saturated carbocycles. The predicted octanol–water partition coefficient (Wildman–Crippen LogP) is 1.93. The van der Waals surface area contributed by atoms with E-state index in [1.54, 1.807) is 20.8 Å². The lowest BCUT2D eigenvalue weighted by atomic mass is 9.89. The Bertz CT molecular complexity index is 503. The molecule has 0 spiro atoms. The Kier molecular flexibility index (Phi) is 4.31. The van der Waals surface area contributed by atoms with Crippen LogP contribution in [0.5, 0.6) is 0 Å². The highest BCUT2D eigenvalue weighted by Gasteiger charge is 2.23. The van der Waals surface area contributed by atoms with Gasteiger partial charge in [0.25, 0.3) is 5.69 Å². The lowest BCUT2D eigenvalue weighted by Crippen LogP contribution is -2.26. The van der Waals surface area contributed by atoms with Crippen LogP contribution in [-0.2, 0) is 9.59 Å². The molecule has 1 aromatic heterocycles. The first kappa shape index (κ1) is 14.7. The normalized spacial score (nSPS) is 10.9. The molecule has 0 aliphatic heterocycles. The van der Waals surface area contributed by atoms with Gasteiger partial charge in [-0.2, -0.15) is 0 Å². The number of ketones is 1. The van der Waals surface area contributed by atoms with Crippen LogP contribution in [-0.4, -0.2) is 21.6 Å². The summed E-state index contributed by atoms with van der Waals surface area (Å²) in [5, 5.41) is 12.8. The SMILES string of the molecule is CC(C)(C)C(=O)CC(=O)Nc1ccc([N+](=O)[O-])cn1. The second kappa shape index (κ2) is 5.55. The van der Waals surface area contributed by atoms with Crippen LogP contribution in [0, 0.1) is 15.5 Å². The first-order valence-electron chi connectivity index (χ1n) is 5.64. The summed E-state index contributed by atoms with van der Waals surface area (Å²) in [4.78, 5) is 36.8. The third kappa shape index (κ3) is 4.46. The molecular formula is C12H15N3O4. The summed E-state index contributed by atoms with van der Waals surface area (Å²) in [6.45, 7) is 5.19. The Balaban J connectivity index is 2.63. The fourth-order valence-corrected chi connectivity index (χ4v) is 1.17. The van der Waals surface area contributed by atoms with Crippen LogP contribution in [0.25, 0.3) is 0 Å². The number of pyridine rings is 1. The molecule has 0 aromatic carbocycles. The molecule has 19 heavy (non-hydrogen) atoms. The van der Waals surface area contributed by atoms with Gasteiger partial charge in [0.2, 0.25) is 5.91 Å². The topological polar surface area (TPSA) is 102 Å². The highest BCUT2D eigenvalue weighted by atomic mass is 16.6. The zero-order valence-electron chi connectivity index (χ0n) is 11.0. The van der Waals surface area contributed by atoms with Gasteiger partial charge >= 0.3 is 0 Å². The number of Topliss-reactive ketones (excluding diaryl/α,β-unsaturated/α-hetero) is 1. The van der Waals surface area contributed by atoms with Crippen molar-refractivity contribution in [3.8, 4) is 0 Å². The van der Waals surface area contributed by atoms with Crippen molar-refractivity contribution in [2.24, 2.45) is 5.41 Å². The number of carbonyl (C=O) groups is 2. The lowest BCUT2D eigenvalue weighted by Gasteiger charge is -2.15. The fourth-order valence-electron chi connectivity index (χ4n) is 1.17. The second-order valence-corrected chi connectivity index (χ2v) is 5.06. The zero-order valence-corrected chi connectivity index (χ0v) is 11.0. The van der Waals surface area contributed by atoms with Crippen molar-refractivity contribution in [1.82, 2.24) is 4.98 Å². The van der Waals surface area contributed by atoms with Gasteiger partial charge in [0.05, 0.1) is 11.3 Å². The van der Waals surface area contributed by atoms with Gasteiger partial charge in [-0.05, 0) is 6.07 Å². The molecule has 0 saturated heterocycles. The summed E-state index contributed by atoms with van der Waals surface area (Å²) < 4.78 is 0. The molecule has 1 heterocycles. The molecule has 0 unspecified atom stereocenters. The molecule has 1 aromatic rings. The van der Waals surface area contributed by atoms with Crippen LogP contribution < -0.4 is 5.32 Å². The Morgan fingerprint density at radius 1 is 1.37 bits per heavy atom. The monoisotopic (exact) mass is 265 g/mol. The van der Waals surface area contributed by atoms with Crippen LogP contribution in [0.2, 0.25) is 0 Å². The van der Waals surface area contributed by atoms with Crippen molar-refractivity contribution in [2.45, 2.75) is 27.2 Å². The minimum atomic E-state index is -0.583. The van der Waals surface area contributed by atoms with Gasteiger partial charge in [0.15, 0.2) is 0 Å². The number of rotatable bonds is 4. The third-order valence-electron chi connectivity index (χ3n) is 2.38. The summed E-state index contributed by atoms with van der Waals surface area (Å²) in [6, 6.07) is 2.55. The molecule has 0 aliphatic carbocycles. The van der Waals surface area contributed by atoms with Gasteiger partial charge in [0, 0.05) is 11.5 Å². The van der Waals surface area contributed by atoms with Crippen molar-refractivity contribution in [1.29, 1.82) is 0 Å². The molecule has 0 bridgehead atoms. The van der Waals surface area contributed by atoms with Crippen molar-refractivity contribution >= 4 is 23.2 Å². The number of hydrogen-bond donors (Lipinski definition) is 1. The van der Waals surface area contributed by atoms with Gasteiger partial charge in [-0.15, -0.1) is 0 Å². The van der Waals surface area contributed by atoms with E-state index in [9.17, 15) is 19.7 Å². The number of anilines is 1. The molecule has 1 rings (SSSR count). The number of carbonyl (C=O) groups excluding carboxylic acids is 2. The van der Waals surface area contributed by atoms with Gasteiger partial charge in [-0.3, -0.25) is 19.7 Å². The number of nitro groups is 1. The molecule has 7 heteroatoms. The summed E-state index contributed by atoms with van der Waals surface area (Å²) in [6.07, 6.45) is 0.795. The van der Waals surface area contributed by atoms with Crippen LogP contribution in [0.3, 0.4) is 0 Å². The summed E-state index contributed by atoms with van der Waals surface area (Å²) in [5.41, 5.74) is -0.746. The van der Waals surface area contributed by atoms with Crippen molar-refractivity contribution in [2.75, 3.05) is 5.32 Å². The Morgan fingerprint density at radius 2 is 2.00 bits per heavy atom. The summed E-state index contributed by atoms with van der Waals surface area (Å²) in [7, 11) is 0. The highest BCUT2D eigenvalue weighted by Crippen LogP contribution is 2.17. The lowest BCUT2D eigenvalue weighted by molar-refractivity contribution is -0.385. The molecule has 1 N–H and O–H groups in total. The molecule has 102 valence electrons. The molecular weight excluding hydrogens is 250 g/mol. The standard InChI is InChI=1S/C12H15N3O4/c1-12(2,3)9(16)6-11(17)14-10-5-4-8(7-13-10)15(18)19/h4-5,7H,6H2,1-3H3,(H,13,14,17). The maximum atomic E-state index is 11.6. The zero-order chi connectivity index (χ0) is 14.6. The maximum Gasteiger partial charge on any atom is 0.287 e. The van der Waals surface area contributed by atoms with E-state index in [0.29, 0.717) is 0 Å². The Hall–Kier alpha value is -2.31. The average molecular weight is 265 g/mol. The molecule has 0 fully saturated rings. The first-order chi connectivity index (χ1) is 8.70. The quantitative estimate of drug-likeness (QED) is 0.509. The van der Waals surface area contributed by atoms with E-state index >= 15 is 0 Å². The van der Waals surface area contributed by atoms with Crippen molar-refractivity contribution < 1.29 is 14.5 Å². The van der Waals surface area contributed by atoms with Gasteiger partial charge in [-0.25, -0.2) is 4.98 Å². The van der Waals surface area contributed by atoms with Gasteiger partial charge in [0.1, 0.15) is 17.8 Å². The van der Waals surface area contributed by atoms with E-state index in [-0.39, 0.29) is 23.7 Å². The number of nitrogens with zero attached hydrogens (tertiary/aromatic N) is 2.